The van der Waals surface area contributed by atoms with Crippen LogP contribution in [0.15, 0.2) is 22.7 Å². The maximum atomic E-state index is 10.6. The fraction of sp³-hybridized carbons (Fsp3) is 0.333. The molecule has 0 unspecified atom stereocenters. The van der Waals surface area contributed by atoms with E-state index in [0.717, 1.165) is 23.2 Å². The standard InChI is InChI=1S/C9H10BrN3O2/c10-8-2-1-7(13(14)15)3-9(8)12-6-4-11-5-6/h1-3,6,11-12H,4-5H2. The third-order valence-corrected chi connectivity index (χ3v) is 2.99. The van der Waals surface area contributed by atoms with Gasteiger partial charge in [-0.2, -0.15) is 0 Å². The highest BCUT2D eigenvalue weighted by molar-refractivity contribution is 9.10. The summed E-state index contributed by atoms with van der Waals surface area (Å²) in [7, 11) is 0. The first-order valence-corrected chi connectivity index (χ1v) is 5.37. The first kappa shape index (κ1) is 10.4. The average Bonchev–Trinajstić information content (AvgIpc) is 2.13. The minimum atomic E-state index is -0.392. The number of rotatable bonds is 3. The van der Waals surface area contributed by atoms with Gasteiger partial charge in [0.25, 0.3) is 5.69 Å². The molecule has 2 N–H and O–H groups in total. The number of anilines is 1. The number of hydrogen-bond donors (Lipinski definition) is 2. The quantitative estimate of drug-likeness (QED) is 0.649. The largest absolute Gasteiger partial charge is 0.379 e. The van der Waals surface area contributed by atoms with E-state index in [4.69, 9.17) is 0 Å². The SMILES string of the molecule is O=[N+]([O-])c1ccc(Br)c(NC2CNC2)c1. The van der Waals surface area contributed by atoms with Crippen molar-refractivity contribution in [1.82, 2.24) is 5.32 Å². The Morgan fingerprint density at radius 1 is 1.53 bits per heavy atom. The molecule has 6 heteroatoms. The van der Waals surface area contributed by atoms with Crippen molar-refractivity contribution in [3.8, 4) is 0 Å². The topological polar surface area (TPSA) is 67.2 Å². The van der Waals surface area contributed by atoms with Crippen molar-refractivity contribution < 1.29 is 4.92 Å². The monoisotopic (exact) mass is 271 g/mol. The van der Waals surface area contributed by atoms with Gasteiger partial charge in [0, 0.05) is 29.7 Å². The predicted octanol–water partition coefficient (Wildman–Crippen LogP) is 1.74. The lowest BCUT2D eigenvalue weighted by atomic mass is 10.1. The van der Waals surface area contributed by atoms with Gasteiger partial charge in [-0.15, -0.1) is 0 Å². The van der Waals surface area contributed by atoms with Crippen molar-refractivity contribution in [2.45, 2.75) is 6.04 Å². The first-order valence-electron chi connectivity index (χ1n) is 4.58. The van der Waals surface area contributed by atoms with E-state index in [1.54, 1.807) is 12.1 Å². The van der Waals surface area contributed by atoms with E-state index in [1.165, 1.54) is 6.07 Å². The summed E-state index contributed by atoms with van der Waals surface area (Å²) in [5.41, 5.74) is 0.878. The zero-order valence-electron chi connectivity index (χ0n) is 7.87. The van der Waals surface area contributed by atoms with Crippen LogP contribution in [-0.4, -0.2) is 24.1 Å². The molecule has 0 spiro atoms. The van der Waals surface area contributed by atoms with Crippen LogP contribution in [0.4, 0.5) is 11.4 Å². The van der Waals surface area contributed by atoms with Gasteiger partial charge in [-0.1, -0.05) is 0 Å². The number of nitro benzene ring substituents is 1. The lowest BCUT2D eigenvalue weighted by molar-refractivity contribution is -0.384. The lowest BCUT2D eigenvalue weighted by Crippen LogP contribution is -2.51. The molecule has 0 atom stereocenters. The Bertz CT molecular complexity index is 393. The fourth-order valence-electron chi connectivity index (χ4n) is 1.35. The van der Waals surface area contributed by atoms with E-state index in [9.17, 15) is 10.1 Å². The van der Waals surface area contributed by atoms with Crippen LogP contribution in [0, 0.1) is 10.1 Å². The van der Waals surface area contributed by atoms with Gasteiger partial charge in [0.05, 0.1) is 16.7 Å². The normalized spacial score (nSPS) is 15.8. The van der Waals surface area contributed by atoms with Crippen molar-refractivity contribution in [1.29, 1.82) is 0 Å². The summed E-state index contributed by atoms with van der Waals surface area (Å²) in [6.45, 7) is 1.80. The highest BCUT2D eigenvalue weighted by Gasteiger charge is 2.18. The van der Waals surface area contributed by atoms with Crippen LogP contribution in [0.1, 0.15) is 0 Å². The molecule has 1 aromatic rings. The molecule has 0 bridgehead atoms. The summed E-state index contributed by atoms with van der Waals surface area (Å²) >= 11 is 3.36. The van der Waals surface area contributed by atoms with Gasteiger partial charge in [0.15, 0.2) is 0 Å². The number of benzene rings is 1. The molecule has 80 valence electrons. The Labute approximate surface area is 95.1 Å². The van der Waals surface area contributed by atoms with Crippen LogP contribution in [0.3, 0.4) is 0 Å². The van der Waals surface area contributed by atoms with Crippen molar-refractivity contribution in [2.75, 3.05) is 18.4 Å². The maximum absolute atomic E-state index is 10.6. The molecule has 1 saturated heterocycles. The third-order valence-electron chi connectivity index (χ3n) is 2.30. The van der Waals surface area contributed by atoms with Crippen LogP contribution >= 0.6 is 15.9 Å². The number of nitrogens with one attached hydrogen (secondary N) is 2. The van der Waals surface area contributed by atoms with Gasteiger partial charge in [-0.3, -0.25) is 10.1 Å². The molecule has 1 fully saturated rings. The van der Waals surface area contributed by atoms with Gasteiger partial charge < -0.3 is 10.6 Å². The van der Waals surface area contributed by atoms with Crippen LogP contribution in [0.5, 0.6) is 0 Å². The average molecular weight is 272 g/mol. The van der Waals surface area contributed by atoms with Gasteiger partial charge in [-0.05, 0) is 22.0 Å². The summed E-state index contributed by atoms with van der Waals surface area (Å²) in [6.07, 6.45) is 0. The van der Waals surface area contributed by atoms with Gasteiger partial charge >= 0.3 is 0 Å². The second kappa shape index (κ2) is 4.16. The van der Waals surface area contributed by atoms with Gasteiger partial charge in [-0.25, -0.2) is 0 Å². The number of nitrogens with zero attached hydrogens (tertiary/aromatic N) is 1. The summed E-state index contributed by atoms with van der Waals surface area (Å²) in [5, 5.41) is 16.9. The van der Waals surface area contributed by atoms with Gasteiger partial charge in [0.1, 0.15) is 0 Å². The van der Waals surface area contributed by atoms with Crippen molar-refractivity contribution >= 4 is 27.3 Å². The summed E-state index contributed by atoms with van der Waals surface area (Å²) in [6, 6.07) is 5.08. The van der Waals surface area contributed by atoms with Crippen molar-refractivity contribution in [3.05, 3.63) is 32.8 Å². The van der Waals surface area contributed by atoms with E-state index in [1.807, 2.05) is 0 Å². The van der Waals surface area contributed by atoms with E-state index >= 15 is 0 Å². The zero-order chi connectivity index (χ0) is 10.8. The smallest absolute Gasteiger partial charge is 0.271 e. The highest BCUT2D eigenvalue weighted by atomic mass is 79.9. The van der Waals surface area contributed by atoms with E-state index < -0.39 is 4.92 Å². The molecule has 0 aliphatic carbocycles. The molecule has 1 aliphatic rings. The molecule has 0 saturated carbocycles. The van der Waals surface area contributed by atoms with Crippen LogP contribution in [0.25, 0.3) is 0 Å². The molecular weight excluding hydrogens is 262 g/mol. The van der Waals surface area contributed by atoms with E-state index in [2.05, 4.69) is 26.6 Å². The number of halogens is 1. The van der Waals surface area contributed by atoms with Crippen LogP contribution in [-0.2, 0) is 0 Å². The maximum Gasteiger partial charge on any atom is 0.271 e. The Kier molecular flexibility index (Phi) is 2.88. The molecular formula is C9H10BrN3O2. The van der Waals surface area contributed by atoms with Gasteiger partial charge in [0.2, 0.25) is 0 Å². The molecule has 2 rings (SSSR count). The Hall–Kier alpha value is -1.14. The van der Waals surface area contributed by atoms with Crippen LogP contribution < -0.4 is 10.6 Å². The summed E-state index contributed by atoms with van der Waals surface area (Å²) < 4.78 is 0.847. The van der Waals surface area contributed by atoms with Crippen molar-refractivity contribution in [3.63, 3.8) is 0 Å². The Morgan fingerprint density at radius 2 is 2.27 bits per heavy atom. The molecule has 1 heterocycles. The third kappa shape index (κ3) is 2.27. The predicted molar refractivity (Wildman–Crippen MR) is 61.1 cm³/mol. The minimum Gasteiger partial charge on any atom is -0.379 e. The van der Waals surface area contributed by atoms with E-state index in [0.29, 0.717) is 6.04 Å². The molecule has 0 radical (unpaired) electrons. The summed E-state index contributed by atoms with van der Waals surface area (Å²) in [5.74, 6) is 0. The Balaban J connectivity index is 2.19. The molecule has 0 amide bonds. The van der Waals surface area contributed by atoms with E-state index in [-0.39, 0.29) is 5.69 Å². The molecule has 5 nitrogen and oxygen atoms in total. The second-order valence-electron chi connectivity index (χ2n) is 3.42. The van der Waals surface area contributed by atoms with Crippen molar-refractivity contribution in [2.24, 2.45) is 0 Å². The number of nitro groups is 1. The molecule has 0 aromatic heterocycles. The molecule has 1 aliphatic heterocycles. The van der Waals surface area contributed by atoms with Crippen LogP contribution in [0.2, 0.25) is 0 Å². The Morgan fingerprint density at radius 3 is 2.80 bits per heavy atom. The molecule has 15 heavy (non-hydrogen) atoms. The number of hydrogen-bond acceptors (Lipinski definition) is 4. The zero-order valence-corrected chi connectivity index (χ0v) is 9.45. The second-order valence-corrected chi connectivity index (χ2v) is 4.28. The lowest BCUT2D eigenvalue weighted by Gasteiger charge is -2.29. The summed E-state index contributed by atoms with van der Waals surface area (Å²) in [4.78, 5) is 10.2. The highest BCUT2D eigenvalue weighted by Crippen LogP contribution is 2.27. The minimum absolute atomic E-state index is 0.105. The molecule has 1 aromatic carbocycles. The fourth-order valence-corrected chi connectivity index (χ4v) is 1.71. The number of non-ortho nitro benzene ring substituents is 1. The first-order chi connectivity index (χ1) is 7.16.